The minimum Gasteiger partial charge on any atom is -0.494 e. The Labute approximate surface area is 117 Å². The van der Waals surface area contributed by atoms with Crippen LogP contribution >= 0.6 is 22.7 Å². The number of ketones is 1. The molecule has 2 nitrogen and oxygen atoms in total. The topological polar surface area (TPSA) is 26.3 Å². The second-order valence-corrected chi connectivity index (χ2v) is 5.97. The van der Waals surface area contributed by atoms with E-state index in [1.54, 1.807) is 17.4 Å². The van der Waals surface area contributed by atoms with Gasteiger partial charge >= 0.3 is 0 Å². The van der Waals surface area contributed by atoms with Crippen molar-refractivity contribution in [1.29, 1.82) is 0 Å². The molecule has 2 heterocycles. The maximum Gasteiger partial charge on any atom is 0.203 e. The number of hydrogen-bond donors (Lipinski definition) is 0. The Balaban J connectivity index is 1.99. The molecule has 3 rings (SSSR count). The molecule has 0 spiro atoms. The van der Waals surface area contributed by atoms with E-state index < -0.39 is 5.82 Å². The first-order chi connectivity index (χ1) is 9.19. The van der Waals surface area contributed by atoms with Gasteiger partial charge in [-0.25, -0.2) is 4.39 Å². The Hall–Kier alpha value is -1.72. The van der Waals surface area contributed by atoms with Gasteiger partial charge in [0.25, 0.3) is 0 Å². The van der Waals surface area contributed by atoms with Gasteiger partial charge in [-0.05, 0) is 35.7 Å². The van der Waals surface area contributed by atoms with Gasteiger partial charge in [-0.2, -0.15) is 0 Å². The molecule has 1 aromatic carbocycles. The average Bonchev–Trinajstić information content (AvgIpc) is 2.98. The summed E-state index contributed by atoms with van der Waals surface area (Å²) < 4.78 is 20.6. The third-order valence-corrected chi connectivity index (χ3v) is 4.87. The highest BCUT2D eigenvalue weighted by atomic mass is 32.1. The molecule has 3 aromatic rings. The lowest BCUT2D eigenvalue weighted by Gasteiger charge is -2.03. The zero-order chi connectivity index (χ0) is 13.4. The summed E-state index contributed by atoms with van der Waals surface area (Å²) in [5.41, 5.74) is 0.340. The van der Waals surface area contributed by atoms with Crippen molar-refractivity contribution in [3.63, 3.8) is 0 Å². The number of halogens is 1. The number of carbonyl (C=O) groups is 1. The highest BCUT2D eigenvalue weighted by molar-refractivity contribution is 7.28. The maximum atomic E-state index is 13.6. The summed E-state index contributed by atoms with van der Waals surface area (Å²) in [5, 5.41) is 1.99. The van der Waals surface area contributed by atoms with Crippen LogP contribution in [0.15, 0.2) is 35.7 Å². The summed E-state index contributed by atoms with van der Waals surface area (Å²) in [5.74, 6) is -0.537. The molecule has 0 fully saturated rings. The van der Waals surface area contributed by atoms with Gasteiger partial charge in [-0.1, -0.05) is 0 Å². The zero-order valence-electron chi connectivity index (χ0n) is 9.98. The maximum absolute atomic E-state index is 13.6. The molecule has 0 N–H and O–H groups in total. The normalized spacial score (nSPS) is 10.8. The molecule has 96 valence electrons. The third kappa shape index (κ3) is 2.15. The monoisotopic (exact) mass is 292 g/mol. The van der Waals surface area contributed by atoms with Gasteiger partial charge in [-0.15, -0.1) is 22.7 Å². The molecule has 19 heavy (non-hydrogen) atoms. The van der Waals surface area contributed by atoms with E-state index >= 15 is 0 Å². The fourth-order valence-corrected chi connectivity index (χ4v) is 3.90. The van der Waals surface area contributed by atoms with Gasteiger partial charge in [0.1, 0.15) is 0 Å². The molecule has 0 unspecified atom stereocenters. The Morgan fingerprint density at radius 1 is 1.21 bits per heavy atom. The molecule has 0 aliphatic rings. The molecule has 2 aromatic heterocycles. The van der Waals surface area contributed by atoms with Crippen molar-refractivity contribution in [2.45, 2.75) is 0 Å². The van der Waals surface area contributed by atoms with Gasteiger partial charge in [0, 0.05) is 15.0 Å². The molecular formula is C14H9FO2S2. The zero-order valence-corrected chi connectivity index (χ0v) is 11.6. The van der Waals surface area contributed by atoms with Crippen molar-refractivity contribution in [3.8, 4) is 5.75 Å². The first kappa shape index (κ1) is 12.3. The van der Waals surface area contributed by atoms with Gasteiger partial charge in [0.05, 0.1) is 12.0 Å². The van der Waals surface area contributed by atoms with Crippen LogP contribution in [-0.2, 0) is 0 Å². The van der Waals surface area contributed by atoms with E-state index in [1.165, 1.54) is 30.6 Å². The Morgan fingerprint density at radius 2 is 2.05 bits per heavy atom. The summed E-state index contributed by atoms with van der Waals surface area (Å²) in [4.78, 5) is 12.9. The van der Waals surface area contributed by atoms with Gasteiger partial charge in [-0.3, -0.25) is 4.79 Å². The number of ether oxygens (including phenoxy) is 1. The first-order valence-electron chi connectivity index (χ1n) is 5.54. The van der Waals surface area contributed by atoms with Crippen molar-refractivity contribution >= 4 is 37.9 Å². The summed E-state index contributed by atoms with van der Waals surface area (Å²) in [7, 11) is 1.40. The Bertz CT molecular complexity index is 729. The third-order valence-electron chi connectivity index (χ3n) is 2.78. The molecule has 0 atom stereocenters. The van der Waals surface area contributed by atoms with Crippen molar-refractivity contribution in [3.05, 3.63) is 52.0 Å². The van der Waals surface area contributed by atoms with E-state index in [9.17, 15) is 9.18 Å². The van der Waals surface area contributed by atoms with E-state index in [0.717, 1.165) is 9.40 Å². The highest BCUT2D eigenvalue weighted by Gasteiger charge is 2.15. The average molecular weight is 292 g/mol. The van der Waals surface area contributed by atoms with Crippen LogP contribution in [0.2, 0.25) is 0 Å². The predicted octanol–water partition coefficient (Wildman–Crippen LogP) is 4.34. The number of fused-ring (bicyclic) bond motifs is 1. The van der Waals surface area contributed by atoms with Gasteiger partial charge < -0.3 is 4.74 Å². The summed E-state index contributed by atoms with van der Waals surface area (Å²) in [6.45, 7) is 0. The fraction of sp³-hybridized carbons (Fsp3) is 0.0714. The fourth-order valence-electron chi connectivity index (χ4n) is 1.83. The Kier molecular flexibility index (Phi) is 3.08. The lowest BCUT2D eigenvalue weighted by Crippen LogP contribution is -2.00. The van der Waals surface area contributed by atoms with E-state index in [0.29, 0.717) is 10.4 Å². The predicted molar refractivity (Wildman–Crippen MR) is 76.1 cm³/mol. The molecule has 0 amide bonds. The van der Waals surface area contributed by atoms with E-state index in [1.807, 2.05) is 17.5 Å². The molecule has 0 bridgehead atoms. The standard InChI is InChI=1S/C14H9FO2S2/c1-17-10-3-2-8(6-9(10)15)14(16)13-7-12-11(19-13)4-5-18-12/h2-7H,1H3. The van der Waals surface area contributed by atoms with Crippen LogP contribution in [0.5, 0.6) is 5.75 Å². The highest BCUT2D eigenvalue weighted by Crippen LogP contribution is 2.31. The van der Waals surface area contributed by atoms with Gasteiger partial charge in [0.2, 0.25) is 5.78 Å². The molecule has 0 aliphatic carbocycles. The quantitative estimate of drug-likeness (QED) is 0.671. The van der Waals surface area contributed by atoms with Crippen molar-refractivity contribution in [2.24, 2.45) is 0 Å². The molecule has 0 saturated heterocycles. The van der Waals surface area contributed by atoms with Crippen molar-refractivity contribution < 1.29 is 13.9 Å². The molecular weight excluding hydrogens is 283 g/mol. The summed E-state index contributed by atoms with van der Waals surface area (Å²) in [6, 6.07) is 8.11. The van der Waals surface area contributed by atoms with Crippen LogP contribution in [0.4, 0.5) is 4.39 Å². The number of rotatable bonds is 3. The molecule has 0 radical (unpaired) electrons. The second-order valence-electron chi connectivity index (χ2n) is 3.94. The van der Waals surface area contributed by atoms with E-state index in [4.69, 9.17) is 4.74 Å². The molecule has 0 aliphatic heterocycles. The van der Waals surface area contributed by atoms with Crippen LogP contribution in [-0.4, -0.2) is 12.9 Å². The van der Waals surface area contributed by atoms with E-state index in [-0.39, 0.29) is 11.5 Å². The van der Waals surface area contributed by atoms with Gasteiger partial charge in [0.15, 0.2) is 11.6 Å². The number of benzene rings is 1. The van der Waals surface area contributed by atoms with Crippen LogP contribution in [0, 0.1) is 5.82 Å². The lowest BCUT2D eigenvalue weighted by atomic mass is 10.1. The SMILES string of the molecule is COc1ccc(C(=O)c2cc3sccc3s2)cc1F. The number of hydrogen-bond acceptors (Lipinski definition) is 4. The summed E-state index contributed by atoms with van der Waals surface area (Å²) in [6.07, 6.45) is 0. The minimum atomic E-state index is -0.522. The van der Waals surface area contributed by atoms with Crippen LogP contribution < -0.4 is 4.74 Å². The molecule has 0 saturated carbocycles. The van der Waals surface area contributed by atoms with Crippen LogP contribution in [0.3, 0.4) is 0 Å². The Morgan fingerprint density at radius 3 is 2.74 bits per heavy atom. The largest absolute Gasteiger partial charge is 0.494 e. The number of carbonyl (C=O) groups excluding carboxylic acids is 1. The second kappa shape index (κ2) is 4.75. The smallest absolute Gasteiger partial charge is 0.203 e. The van der Waals surface area contributed by atoms with Crippen molar-refractivity contribution in [2.75, 3.05) is 7.11 Å². The number of methoxy groups -OCH3 is 1. The van der Waals surface area contributed by atoms with Crippen LogP contribution in [0.1, 0.15) is 15.2 Å². The number of thiophene rings is 2. The lowest BCUT2D eigenvalue weighted by molar-refractivity contribution is 0.104. The summed E-state index contributed by atoms with van der Waals surface area (Å²) >= 11 is 3.02. The first-order valence-corrected chi connectivity index (χ1v) is 7.24. The van der Waals surface area contributed by atoms with E-state index in [2.05, 4.69) is 0 Å². The van der Waals surface area contributed by atoms with Crippen molar-refractivity contribution in [1.82, 2.24) is 0 Å². The molecule has 5 heteroatoms. The minimum absolute atomic E-state index is 0.142. The van der Waals surface area contributed by atoms with Crippen LogP contribution in [0.25, 0.3) is 9.40 Å².